The molecule has 0 bridgehead atoms. The molecule has 2 nitrogen and oxygen atoms in total. The highest BCUT2D eigenvalue weighted by atomic mass is 35.5. The number of halogens is 1. The van der Waals surface area contributed by atoms with Crippen LogP contribution in [-0.4, -0.2) is 43.6 Å². The Kier molecular flexibility index (Phi) is 6.57. The predicted molar refractivity (Wildman–Crippen MR) is 61.0 cm³/mol. The summed E-state index contributed by atoms with van der Waals surface area (Å²) in [6.45, 7) is 7.20. The van der Waals surface area contributed by atoms with E-state index < -0.39 is 0 Å². The van der Waals surface area contributed by atoms with E-state index in [0.29, 0.717) is 12.5 Å². The zero-order valence-corrected chi connectivity index (χ0v) is 9.93. The number of hydrogen-bond donors (Lipinski definition) is 0. The Labute approximate surface area is 92.6 Å². The van der Waals surface area contributed by atoms with Gasteiger partial charge in [-0.25, -0.2) is 0 Å². The van der Waals surface area contributed by atoms with E-state index in [1.54, 1.807) is 0 Å². The average Bonchev–Trinajstić information content (AvgIpc) is 2.14. The van der Waals surface area contributed by atoms with Crippen LogP contribution in [0.2, 0.25) is 0 Å². The summed E-state index contributed by atoms with van der Waals surface area (Å²) in [6.07, 6.45) is 4.29. The smallest absolute Gasteiger partial charge is 0.0602 e. The molecule has 1 rings (SSSR count). The van der Waals surface area contributed by atoms with Gasteiger partial charge in [-0.2, -0.15) is 0 Å². The molecule has 0 aromatic heterocycles. The van der Waals surface area contributed by atoms with Gasteiger partial charge in [-0.1, -0.05) is 13.3 Å². The molecule has 0 saturated heterocycles. The van der Waals surface area contributed by atoms with Crippen molar-refractivity contribution in [3.05, 3.63) is 0 Å². The number of alkyl halides is 1. The molecule has 0 unspecified atom stereocenters. The van der Waals surface area contributed by atoms with Crippen molar-refractivity contribution in [1.29, 1.82) is 0 Å². The first kappa shape index (κ1) is 12.3. The zero-order chi connectivity index (χ0) is 10.2. The molecule has 84 valence electrons. The van der Waals surface area contributed by atoms with Crippen molar-refractivity contribution >= 4 is 11.6 Å². The molecule has 0 spiro atoms. The lowest BCUT2D eigenvalue weighted by molar-refractivity contribution is 0.100. The monoisotopic (exact) mass is 219 g/mol. The van der Waals surface area contributed by atoms with Crippen LogP contribution in [0.5, 0.6) is 0 Å². The summed E-state index contributed by atoms with van der Waals surface area (Å²) in [7, 11) is 0. The van der Waals surface area contributed by atoms with E-state index in [-0.39, 0.29) is 0 Å². The molecule has 0 atom stereocenters. The number of likely N-dealkylation sites (N-methyl/N-ethyl adjacent to an activating group) is 1. The topological polar surface area (TPSA) is 12.5 Å². The van der Waals surface area contributed by atoms with Crippen LogP contribution in [-0.2, 0) is 4.74 Å². The lowest BCUT2D eigenvalue weighted by atomic mass is 9.85. The van der Waals surface area contributed by atoms with E-state index in [0.717, 1.165) is 25.6 Å². The van der Waals surface area contributed by atoms with Crippen molar-refractivity contribution in [3.63, 3.8) is 0 Å². The van der Waals surface area contributed by atoms with Gasteiger partial charge in [0.05, 0.1) is 13.2 Å². The van der Waals surface area contributed by atoms with Gasteiger partial charge < -0.3 is 9.64 Å². The van der Waals surface area contributed by atoms with Gasteiger partial charge >= 0.3 is 0 Å². The standard InChI is InChI=1S/C11H22ClNO/c1-2-13(7-9-14-8-6-12)10-11-4-3-5-11/h11H,2-10H2,1H3. The first-order chi connectivity index (χ1) is 6.86. The van der Waals surface area contributed by atoms with Crippen molar-refractivity contribution in [2.45, 2.75) is 26.2 Å². The first-order valence-corrected chi connectivity index (χ1v) is 6.26. The van der Waals surface area contributed by atoms with Crippen molar-refractivity contribution in [2.24, 2.45) is 5.92 Å². The van der Waals surface area contributed by atoms with Gasteiger partial charge in [-0.05, 0) is 25.3 Å². The summed E-state index contributed by atoms with van der Waals surface area (Å²) in [4.78, 5) is 2.48. The van der Waals surface area contributed by atoms with Crippen molar-refractivity contribution in [2.75, 3.05) is 38.7 Å². The second-order valence-electron chi connectivity index (χ2n) is 3.99. The van der Waals surface area contributed by atoms with E-state index in [9.17, 15) is 0 Å². The molecule has 0 aromatic rings. The Balaban J connectivity index is 1.99. The average molecular weight is 220 g/mol. The van der Waals surface area contributed by atoms with Crippen LogP contribution in [0.4, 0.5) is 0 Å². The summed E-state index contributed by atoms with van der Waals surface area (Å²) in [5.74, 6) is 1.57. The largest absolute Gasteiger partial charge is 0.379 e. The molecule has 1 aliphatic carbocycles. The molecule has 0 N–H and O–H groups in total. The van der Waals surface area contributed by atoms with Gasteiger partial charge in [0.25, 0.3) is 0 Å². The summed E-state index contributed by atoms with van der Waals surface area (Å²) >= 11 is 5.53. The molecule has 14 heavy (non-hydrogen) atoms. The third kappa shape index (κ3) is 4.63. The molecule has 3 heteroatoms. The second kappa shape index (κ2) is 7.49. The Morgan fingerprint density at radius 1 is 1.36 bits per heavy atom. The van der Waals surface area contributed by atoms with E-state index in [2.05, 4.69) is 11.8 Å². The van der Waals surface area contributed by atoms with Crippen LogP contribution in [0.15, 0.2) is 0 Å². The van der Waals surface area contributed by atoms with Gasteiger partial charge in [0.1, 0.15) is 0 Å². The lowest BCUT2D eigenvalue weighted by Crippen LogP contribution is -2.34. The van der Waals surface area contributed by atoms with Gasteiger partial charge in [-0.3, -0.25) is 0 Å². The minimum atomic E-state index is 0.606. The Hall–Kier alpha value is 0.210. The normalized spacial score (nSPS) is 17.4. The van der Waals surface area contributed by atoms with Gasteiger partial charge in [0, 0.05) is 19.0 Å². The van der Waals surface area contributed by atoms with Crippen LogP contribution in [0.25, 0.3) is 0 Å². The maximum Gasteiger partial charge on any atom is 0.0602 e. The highest BCUT2D eigenvalue weighted by Gasteiger charge is 2.19. The minimum Gasteiger partial charge on any atom is -0.379 e. The first-order valence-electron chi connectivity index (χ1n) is 5.73. The molecule has 0 aromatic carbocycles. The number of hydrogen-bond acceptors (Lipinski definition) is 2. The van der Waals surface area contributed by atoms with Crippen LogP contribution in [0.1, 0.15) is 26.2 Å². The Bertz CT molecular complexity index is 139. The number of nitrogens with zero attached hydrogens (tertiary/aromatic N) is 1. The molecule has 0 radical (unpaired) electrons. The van der Waals surface area contributed by atoms with E-state index >= 15 is 0 Å². The van der Waals surface area contributed by atoms with Crippen LogP contribution < -0.4 is 0 Å². The number of rotatable bonds is 8. The molecule has 0 aliphatic heterocycles. The maximum absolute atomic E-state index is 5.53. The molecule has 0 amide bonds. The van der Waals surface area contributed by atoms with Gasteiger partial charge in [0.15, 0.2) is 0 Å². The quantitative estimate of drug-likeness (QED) is 0.459. The summed E-state index contributed by atoms with van der Waals surface area (Å²) < 4.78 is 5.37. The predicted octanol–water partition coefficient (Wildman–Crippen LogP) is 2.36. The highest BCUT2D eigenvalue weighted by Crippen LogP contribution is 2.26. The van der Waals surface area contributed by atoms with E-state index in [1.807, 2.05) is 0 Å². The third-order valence-electron chi connectivity index (χ3n) is 2.96. The molecular weight excluding hydrogens is 198 g/mol. The fourth-order valence-electron chi connectivity index (χ4n) is 1.77. The van der Waals surface area contributed by atoms with Gasteiger partial charge in [0.2, 0.25) is 0 Å². The van der Waals surface area contributed by atoms with Crippen LogP contribution in [0.3, 0.4) is 0 Å². The third-order valence-corrected chi connectivity index (χ3v) is 3.12. The number of ether oxygens (including phenoxy) is 1. The molecule has 1 aliphatic rings. The van der Waals surface area contributed by atoms with Crippen LogP contribution >= 0.6 is 11.6 Å². The minimum absolute atomic E-state index is 0.606. The molecular formula is C11H22ClNO. The molecule has 0 heterocycles. The lowest BCUT2D eigenvalue weighted by Gasteiger charge is -2.31. The highest BCUT2D eigenvalue weighted by molar-refractivity contribution is 6.17. The van der Waals surface area contributed by atoms with Crippen molar-refractivity contribution in [1.82, 2.24) is 4.90 Å². The fourth-order valence-corrected chi connectivity index (χ4v) is 1.88. The fraction of sp³-hybridized carbons (Fsp3) is 1.00. The summed E-state index contributed by atoms with van der Waals surface area (Å²) in [6, 6.07) is 0. The van der Waals surface area contributed by atoms with E-state index in [4.69, 9.17) is 16.3 Å². The Morgan fingerprint density at radius 2 is 2.14 bits per heavy atom. The summed E-state index contributed by atoms with van der Waals surface area (Å²) in [5.41, 5.74) is 0. The molecule has 1 saturated carbocycles. The van der Waals surface area contributed by atoms with E-state index in [1.165, 1.54) is 25.8 Å². The maximum atomic E-state index is 5.53. The second-order valence-corrected chi connectivity index (χ2v) is 4.37. The summed E-state index contributed by atoms with van der Waals surface area (Å²) in [5, 5.41) is 0. The van der Waals surface area contributed by atoms with Crippen LogP contribution in [0, 0.1) is 5.92 Å². The van der Waals surface area contributed by atoms with Crippen molar-refractivity contribution < 1.29 is 4.74 Å². The Morgan fingerprint density at radius 3 is 2.64 bits per heavy atom. The zero-order valence-electron chi connectivity index (χ0n) is 9.17. The SMILES string of the molecule is CCN(CCOCCCl)CC1CCC1. The molecule has 1 fully saturated rings. The van der Waals surface area contributed by atoms with Gasteiger partial charge in [-0.15, -0.1) is 11.6 Å². The van der Waals surface area contributed by atoms with Crippen molar-refractivity contribution in [3.8, 4) is 0 Å².